The number of amides is 3. The van der Waals surface area contributed by atoms with E-state index in [1.54, 1.807) is 0 Å². The van der Waals surface area contributed by atoms with Crippen molar-refractivity contribution in [1.29, 1.82) is 0 Å². The standard InChI is InChI=1S/C17H23N5O2S2/c1-10(2)8-18-15(24)20-14(23)9-25-17-22-21-16(26-17)19-13-6-5-11(3)7-12(13)4/h5-7,10H,8-9H2,1-4H3,(H,19,21)(H2,18,20,23,24). The zero-order valence-electron chi connectivity index (χ0n) is 15.3. The van der Waals surface area contributed by atoms with Crippen LogP contribution in [0.2, 0.25) is 0 Å². The van der Waals surface area contributed by atoms with Crippen molar-refractivity contribution in [2.45, 2.75) is 32.0 Å². The smallest absolute Gasteiger partial charge is 0.321 e. The minimum atomic E-state index is -0.473. The van der Waals surface area contributed by atoms with Crippen LogP contribution in [0.5, 0.6) is 0 Å². The molecule has 140 valence electrons. The van der Waals surface area contributed by atoms with Gasteiger partial charge in [0.25, 0.3) is 0 Å². The predicted octanol–water partition coefficient (Wildman–Crippen LogP) is 3.47. The molecule has 2 rings (SSSR count). The number of anilines is 2. The molecule has 0 spiro atoms. The Morgan fingerprint density at radius 3 is 2.69 bits per heavy atom. The molecule has 1 aromatic heterocycles. The first-order chi connectivity index (χ1) is 12.3. The second-order valence-corrected chi connectivity index (χ2v) is 8.46. The third-order valence-electron chi connectivity index (χ3n) is 3.28. The molecule has 0 bridgehead atoms. The molecule has 2 aromatic rings. The first-order valence-corrected chi connectivity index (χ1v) is 10.0. The molecule has 0 aliphatic carbocycles. The minimum Gasteiger partial charge on any atom is -0.338 e. The summed E-state index contributed by atoms with van der Waals surface area (Å²) in [7, 11) is 0. The zero-order valence-corrected chi connectivity index (χ0v) is 16.9. The summed E-state index contributed by atoms with van der Waals surface area (Å²) >= 11 is 2.61. The second-order valence-electron chi connectivity index (χ2n) is 6.26. The largest absolute Gasteiger partial charge is 0.338 e. The van der Waals surface area contributed by atoms with Crippen molar-refractivity contribution >= 4 is 45.9 Å². The van der Waals surface area contributed by atoms with Crippen LogP contribution in [0.3, 0.4) is 0 Å². The molecule has 3 N–H and O–H groups in total. The molecule has 1 aromatic carbocycles. The van der Waals surface area contributed by atoms with E-state index in [4.69, 9.17) is 0 Å². The number of carbonyl (C=O) groups excluding carboxylic acids is 2. The first kappa shape index (κ1) is 20.2. The van der Waals surface area contributed by atoms with Crippen molar-refractivity contribution in [3.05, 3.63) is 29.3 Å². The lowest BCUT2D eigenvalue weighted by Gasteiger charge is -2.07. The highest BCUT2D eigenvalue weighted by atomic mass is 32.2. The van der Waals surface area contributed by atoms with Crippen molar-refractivity contribution in [3.8, 4) is 0 Å². The average Bonchev–Trinajstić information content (AvgIpc) is 3.01. The summed E-state index contributed by atoms with van der Waals surface area (Å²) in [5, 5.41) is 17.0. The highest BCUT2D eigenvalue weighted by molar-refractivity contribution is 8.01. The summed E-state index contributed by atoms with van der Waals surface area (Å²) in [5.74, 6) is 0.0675. The van der Waals surface area contributed by atoms with Gasteiger partial charge in [-0.15, -0.1) is 10.2 Å². The van der Waals surface area contributed by atoms with E-state index in [9.17, 15) is 9.59 Å². The second kappa shape index (κ2) is 9.54. The van der Waals surface area contributed by atoms with E-state index >= 15 is 0 Å². The maximum Gasteiger partial charge on any atom is 0.321 e. The fourth-order valence-electron chi connectivity index (χ4n) is 2.02. The van der Waals surface area contributed by atoms with E-state index in [-0.39, 0.29) is 11.7 Å². The number of imide groups is 1. The number of nitrogens with zero attached hydrogens (tertiary/aromatic N) is 2. The molecule has 3 amide bonds. The minimum absolute atomic E-state index is 0.104. The number of aromatic nitrogens is 2. The number of urea groups is 1. The molecule has 0 aliphatic heterocycles. The molecule has 1 heterocycles. The van der Waals surface area contributed by atoms with Crippen LogP contribution in [0.1, 0.15) is 25.0 Å². The van der Waals surface area contributed by atoms with Crippen LogP contribution in [0.4, 0.5) is 15.6 Å². The van der Waals surface area contributed by atoms with Gasteiger partial charge in [-0.05, 0) is 31.4 Å². The van der Waals surface area contributed by atoms with Gasteiger partial charge in [-0.2, -0.15) is 0 Å². The maximum absolute atomic E-state index is 11.8. The summed E-state index contributed by atoms with van der Waals surface area (Å²) in [6.07, 6.45) is 0. The Hall–Kier alpha value is -2.13. The summed E-state index contributed by atoms with van der Waals surface area (Å²) in [6, 6.07) is 5.65. The quantitative estimate of drug-likeness (QED) is 0.623. The summed E-state index contributed by atoms with van der Waals surface area (Å²) in [5.41, 5.74) is 3.30. The van der Waals surface area contributed by atoms with Crippen LogP contribution in [0.25, 0.3) is 0 Å². The monoisotopic (exact) mass is 393 g/mol. The van der Waals surface area contributed by atoms with Gasteiger partial charge in [0.2, 0.25) is 11.0 Å². The van der Waals surface area contributed by atoms with E-state index in [0.717, 1.165) is 11.3 Å². The van der Waals surface area contributed by atoms with Gasteiger partial charge in [-0.1, -0.05) is 54.6 Å². The lowest BCUT2D eigenvalue weighted by atomic mass is 10.1. The molecule has 0 fully saturated rings. The molecule has 0 unspecified atom stereocenters. The van der Waals surface area contributed by atoms with E-state index in [1.807, 2.05) is 39.8 Å². The Morgan fingerprint density at radius 2 is 2.00 bits per heavy atom. The summed E-state index contributed by atoms with van der Waals surface area (Å²) < 4.78 is 0.662. The summed E-state index contributed by atoms with van der Waals surface area (Å²) in [4.78, 5) is 23.3. The van der Waals surface area contributed by atoms with Gasteiger partial charge in [0.05, 0.1) is 5.75 Å². The van der Waals surface area contributed by atoms with Crippen molar-refractivity contribution in [2.75, 3.05) is 17.6 Å². The van der Waals surface area contributed by atoms with Gasteiger partial charge in [0, 0.05) is 12.2 Å². The van der Waals surface area contributed by atoms with Gasteiger partial charge in [-0.3, -0.25) is 10.1 Å². The first-order valence-electron chi connectivity index (χ1n) is 8.21. The summed E-state index contributed by atoms with van der Waals surface area (Å²) in [6.45, 7) is 8.57. The van der Waals surface area contributed by atoms with Gasteiger partial charge in [-0.25, -0.2) is 4.79 Å². The molecular weight excluding hydrogens is 370 g/mol. The number of rotatable bonds is 7. The highest BCUT2D eigenvalue weighted by Crippen LogP contribution is 2.28. The molecule has 0 saturated heterocycles. The van der Waals surface area contributed by atoms with Crippen LogP contribution < -0.4 is 16.0 Å². The van der Waals surface area contributed by atoms with E-state index < -0.39 is 6.03 Å². The van der Waals surface area contributed by atoms with Crippen molar-refractivity contribution in [1.82, 2.24) is 20.8 Å². The lowest BCUT2D eigenvalue weighted by molar-refractivity contribution is -0.117. The number of thioether (sulfide) groups is 1. The van der Waals surface area contributed by atoms with E-state index in [2.05, 4.69) is 32.2 Å². The maximum atomic E-state index is 11.8. The highest BCUT2D eigenvalue weighted by Gasteiger charge is 2.11. The van der Waals surface area contributed by atoms with Crippen LogP contribution in [-0.2, 0) is 4.79 Å². The SMILES string of the molecule is Cc1ccc(Nc2nnc(SCC(=O)NC(=O)NCC(C)C)s2)c(C)c1. The van der Waals surface area contributed by atoms with E-state index in [1.165, 1.54) is 28.7 Å². The molecule has 0 atom stereocenters. The zero-order chi connectivity index (χ0) is 19.1. The van der Waals surface area contributed by atoms with Gasteiger partial charge < -0.3 is 10.6 Å². The molecule has 0 saturated carbocycles. The Labute approximate surface area is 161 Å². The number of nitrogens with one attached hydrogen (secondary N) is 3. The normalized spacial score (nSPS) is 10.7. The Balaban J connectivity index is 1.81. The number of aryl methyl sites for hydroxylation is 2. The molecule has 9 heteroatoms. The molecule has 0 radical (unpaired) electrons. The Morgan fingerprint density at radius 1 is 1.23 bits per heavy atom. The van der Waals surface area contributed by atoms with Crippen molar-refractivity contribution in [3.63, 3.8) is 0 Å². The number of carbonyl (C=O) groups is 2. The van der Waals surface area contributed by atoms with Crippen molar-refractivity contribution in [2.24, 2.45) is 5.92 Å². The average molecular weight is 394 g/mol. The lowest BCUT2D eigenvalue weighted by Crippen LogP contribution is -2.41. The van der Waals surface area contributed by atoms with Crippen LogP contribution in [0, 0.1) is 19.8 Å². The number of benzene rings is 1. The number of hydrogen-bond donors (Lipinski definition) is 3. The molecule has 0 aliphatic rings. The van der Waals surface area contributed by atoms with Gasteiger partial charge >= 0.3 is 6.03 Å². The third kappa shape index (κ3) is 6.64. The topological polar surface area (TPSA) is 96.0 Å². The third-order valence-corrected chi connectivity index (χ3v) is 5.25. The molecule has 26 heavy (non-hydrogen) atoms. The fourth-order valence-corrected chi connectivity index (χ4v) is 3.58. The van der Waals surface area contributed by atoms with Crippen LogP contribution in [0.15, 0.2) is 22.5 Å². The Bertz CT molecular complexity index is 776. The van der Waals surface area contributed by atoms with Crippen molar-refractivity contribution < 1.29 is 9.59 Å². The predicted molar refractivity (Wildman–Crippen MR) is 106 cm³/mol. The molecular formula is C17H23N5O2S2. The van der Waals surface area contributed by atoms with Crippen LogP contribution >= 0.6 is 23.1 Å². The van der Waals surface area contributed by atoms with Gasteiger partial charge in [0.1, 0.15) is 0 Å². The fraction of sp³-hybridized carbons (Fsp3) is 0.412. The Kier molecular flexibility index (Phi) is 7.40. The van der Waals surface area contributed by atoms with Crippen LogP contribution in [-0.4, -0.2) is 34.4 Å². The van der Waals surface area contributed by atoms with Gasteiger partial charge in [0.15, 0.2) is 4.34 Å². The molecule has 7 nitrogen and oxygen atoms in total. The number of hydrogen-bond acceptors (Lipinski definition) is 7. The van der Waals surface area contributed by atoms with E-state index in [0.29, 0.717) is 21.9 Å².